The summed E-state index contributed by atoms with van der Waals surface area (Å²) in [5.74, 6) is 0. The fourth-order valence-corrected chi connectivity index (χ4v) is 16.6. The molecule has 420 valence electrons. The first-order valence-corrected chi connectivity index (χ1v) is 33.7. The molecule has 0 radical (unpaired) electrons. The number of nitrogens with zero attached hydrogens (tertiary/aromatic N) is 4. The first kappa shape index (κ1) is 52.6. The number of para-hydroxylation sites is 6. The number of benzene rings is 12. The predicted octanol–water partition coefficient (Wildman–Crippen LogP) is 20.8. The third kappa shape index (κ3) is 8.46. The molecule has 16 aromatic rings. The lowest BCUT2D eigenvalue weighted by Gasteiger charge is -2.26. The first-order valence-electron chi connectivity index (χ1n) is 30.7. The highest BCUT2D eigenvalue weighted by Crippen LogP contribution is 2.42. The Morgan fingerprint density at radius 2 is 0.517 bits per heavy atom. The van der Waals surface area contributed by atoms with Crippen LogP contribution in [-0.2, 0) is 10.8 Å². The van der Waals surface area contributed by atoms with Crippen LogP contribution in [0.25, 0.3) is 132 Å². The molecule has 0 N–H and O–H groups in total. The summed E-state index contributed by atoms with van der Waals surface area (Å²) in [5.41, 5.74) is 21.7. The lowest BCUT2D eigenvalue weighted by Crippen LogP contribution is -2.52. The summed E-state index contributed by atoms with van der Waals surface area (Å²) in [5, 5.41) is 12.9. The number of hydrogen-bond donors (Lipinski definition) is 0. The van der Waals surface area contributed by atoms with Gasteiger partial charge in [-0.25, -0.2) is 0 Å². The quantitative estimate of drug-likeness (QED) is 0.135. The minimum absolute atomic E-state index is 0.0943. The van der Waals surface area contributed by atoms with E-state index in [1.807, 2.05) is 0 Å². The van der Waals surface area contributed by atoms with Crippen molar-refractivity contribution in [2.75, 3.05) is 0 Å². The minimum atomic E-state index is -2.30. The van der Waals surface area contributed by atoms with Crippen LogP contribution >= 0.6 is 0 Å². The second-order valence-electron chi connectivity index (χ2n) is 26.7. The zero-order valence-corrected chi connectivity index (χ0v) is 51.7. The summed E-state index contributed by atoms with van der Waals surface area (Å²) in [6, 6.07) is 101. The molecule has 87 heavy (non-hydrogen) atoms. The molecule has 16 rings (SSSR count). The van der Waals surface area contributed by atoms with Crippen LogP contribution in [-0.4, -0.2) is 26.3 Å². The molecule has 0 saturated carbocycles. The van der Waals surface area contributed by atoms with Crippen LogP contribution in [0.3, 0.4) is 0 Å². The number of fused-ring (bicyclic) bond motifs is 12. The van der Waals surface area contributed by atoms with Gasteiger partial charge in [0.2, 0.25) is 0 Å². The van der Waals surface area contributed by atoms with Crippen LogP contribution in [0.15, 0.2) is 267 Å². The highest BCUT2D eigenvalue weighted by molar-refractivity contribution is 7.00. The van der Waals surface area contributed by atoms with Crippen LogP contribution < -0.4 is 10.4 Å². The number of aromatic nitrogens is 4. The van der Waals surface area contributed by atoms with Gasteiger partial charge in [0.25, 0.3) is 0 Å². The average molecular weight is 1140 g/mol. The zero-order valence-electron chi connectivity index (χ0n) is 50.7. The van der Waals surface area contributed by atoms with Gasteiger partial charge in [-0.1, -0.05) is 235 Å². The van der Waals surface area contributed by atoms with Crippen LogP contribution in [0.4, 0.5) is 0 Å². The van der Waals surface area contributed by atoms with Gasteiger partial charge in [-0.2, -0.15) is 0 Å². The summed E-state index contributed by atoms with van der Waals surface area (Å²) in [6.07, 6.45) is 0. The van der Waals surface area contributed by atoms with Crippen molar-refractivity contribution >= 4 is 106 Å². The Labute approximate surface area is 509 Å². The fraction of sp³-hybridized carbons (Fsp3) is 0.122. The SMILES string of the molecule is CC(C)(C)c1cc(-c2cccc([Si](C)(C)c3cccc(-c4cc(-n5c6ccccc6c6cc(-n7c8ccccc8c8ccccc87)ccc65)cc(C(C)(C)C)c4)c3)c2)cc(-n2c3ccccc3c3cc(-n4c5ccccc5c5ccccc54)ccc32)c1. The highest BCUT2D eigenvalue weighted by Gasteiger charge is 2.29. The third-order valence-corrected chi connectivity index (χ3v) is 22.4. The second-order valence-corrected chi connectivity index (χ2v) is 31.1. The van der Waals surface area contributed by atoms with Crippen molar-refractivity contribution < 1.29 is 0 Å². The smallest absolute Gasteiger partial charge is 0.112 e. The molecule has 0 atom stereocenters. The molecular formula is C82H68N4Si. The molecule has 0 spiro atoms. The van der Waals surface area contributed by atoms with Crippen LogP contribution in [0, 0.1) is 0 Å². The van der Waals surface area contributed by atoms with Crippen molar-refractivity contribution in [2.45, 2.75) is 65.5 Å². The molecule has 4 aromatic heterocycles. The van der Waals surface area contributed by atoms with E-state index in [1.54, 1.807) is 0 Å². The highest BCUT2D eigenvalue weighted by atomic mass is 28.3. The zero-order chi connectivity index (χ0) is 59.1. The van der Waals surface area contributed by atoms with Gasteiger partial charge in [-0.05, 0) is 141 Å². The van der Waals surface area contributed by atoms with Crippen LogP contribution in [0.1, 0.15) is 52.7 Å². The number of rotatable bonds is 8. The molecule has 0 fully saturated rings. The molecule has 0 aliphatic heterocycles. The summed E-state index contributed by atoms with van der Waals surface area (Å²) in [7, 11) is -2.30. The topological polar surface area (TPSA) is 19.7 Å². The first-order chi connectivity index (χ1) is 42.2. The lowest BCUT2D eigenvalue weighted by molar-refractivity contribution is 0.590. The van der Waals surface area contributed by atoms with Gasteiger partial charge in [0, 0.05) is 65.8 Å². The molecule has 0 aliphatic carbocycles. The molecule has 0 unspecified atom stereocenters. The predicted molar refractivity (Wildman–Crippen MR) is 375 cm³/mol. The molecule has 12 aromatic carbocycles. The van der Waals surface area contributed by atoms with Crippen molar-refractivity contribution in [1.82, 2.24) is 18.3 Å². The Morgan fingerprint density at radius 1 is 0.230 bits per heavy atom. The normalized spacial score (nSPS) is 12.6. The van der Waals surface area contributed by atoms with E-state index >= 15 is 0 Å². The van der Waals surface area contributed by atoms with Crippen LogP contribution in [0.2, 0.25) is 13.1 Å². The maximum atomic E-state index is 2.52. The van der Waals surface area contributed by atoms with E-state index < -0.39 is 8.07 Å². The van der Waals surface area contributed by atoms with E-state index in [0.29, 0.717) is 0 Å². The summed E-state index contributed by atoms with van der Waals surface area (Å²) in [6.45, 7) is 19.1. The Balaban J connectivity index is 0.783. The second kappa shape index (κ2) is 19.5. The van der Waals surface area contributed by atoms with Gasteiger partial charge in [0.15, 0.2) is 0 Å². The third-order valence-electron chi connectivity index (χ3n) is 18.9. The van der Waals surface area contributed by atoms with Crippen LogP contribution in [0.5, 0.6) is 0 Å². The van der Waals surface area contributed by atoms with Gasteiger partial charge >= 0.3 is 0 Å². The summed E-state index contributed by atoms with van der Waals surface area (Å²) in [4.78, 5) is 0. The molecular weight excluding hydrogens is 1070 g/mol. The largest absolute Gasteiger partial charge is 0.309 e. The van der Waals surface area contributed by atoms with Gasteiger partial charge in [-0.15, -0.1) is 0 Å². The standard InChI is InChI=1S/C82H68N4Si/c1-81(2,3)57-43-55(45-61(49-57)85-77-37-19-13-31-69(77)71-51-59(39-41-79(71)85)83-73-33-15-9-27-65(73)66-28-10-16-34-74(66)83)53-23-21-25-63(47-53)87(7,8)64-26-22-24-54(48-64)56-44-58(82(4,5)6)50-62(46-56)86-78-38-20-14-32-70(78)72-52-60(40-42-80(72)86)84-75-35-17-11-29-67(75)68-30-12-18-36-76(68)84/h9-52H,1-8H3. The molecule has 0 bridgehead atoms. The van der Waals surface area contributed by atoms with Crippen molar-refractivity contribution in [3.63, 3.8) is 0 Å². The van der Waals surface area contributed by atoms with Gasteiger partial charge < -0.3 is 18.3 Å². The Hall–Kier alpha value is -9.94. The molecule has 4 heterocycles. The lowest BCUT2D eigenvalue weighted by atomic mass is 9.85. The van der Waals surface area contributed by atoms with Gasteiger partial charge in [-0.3, -0.25) is 0 Å². The van der Waals surface area contributed by atoms with E-state index in [1.165, 1.54) is 142 Å². The Bertz CT molecular complexity index is 5020. The molecule has 0 aliphatic rings. The molecule has 0 saturated heterocycles. The Morgan fingerprint density at radius 3 is 0.839 bits per heavy atom. The molecule has 4 nitrogen and oxygen atoms in total. The van der Waals surface area contributed by atoms with Crippen molar-refractivity contribution in [3.05, 3.63) is 278 Å². The maximum Gasteiger partial charge on any atom is 0.112 e. The molecule has 0 amide bonds. The van der Waals surface area contributed by atoms with Gasteiger partial charge in [0.1, 0.15) is 8.07 Å². The maximum absolute atomic E-state index is 2.52. The summed E-state index contributed by atoms with van der Waals surface area (Å²) < 4.78 is 9.86. The van der Waals surface area contributed by atoms with Crippen molar-refractivity contribution in [2.24, 2.45) is 0 Å². The van der Waals surface area contributed by atoms with E-state index in [0.717, 1.165) is 11.4 Å². The van der Waals surface area contributed by atoms with E-state index in [2.05, 4.69) is 340 Å². The summed E-state index contributed by atoms with van der Waals surface area (Å²) >= 11 is 0. The van der Waals surface area contributed by atoms with Crippen molar-refractivity contribution in [3.8, 4) is 45.0 Å². The molecule has 5 heteroatoms. The number of hydrogen-bond acceptors (Lipinski definition) is 0. The van der Waals surface area contributed by atoms with E-state index in [4.69, 9.17) is 0 Å². The monoisotopic (exact) mass is 1140 g/mol. The fourth-order valence-electron chi connectivity index (χ4n) is 14.2. The van der Waals surface area contributed by atoms with Gasteiger partial charge in [0.05, 0.1) is 44.1 Å². The van der Waals surface area contributed by atoms with Crippen molar-refractivity contribution in [1.29, 1.82) is 0 Å². The Kier molecular flexibility index (Phi) is 11.8. The van der Waals surface area contributed by atoms with E-state index in [-0.39, 0.29) is 10.8 Å². The minimum Gasteiger partial charge on any atom is -0.309 e. The van der Waals surface area contributed by atoms with E-state index in [9.17, 15) is 0 Å². The average Bonchev–Trinajstić information content (AvgIpc) is 2.05.